The van der Waals surface area contributed by atoms with Crippen molar-refractivity contribution in [2.24, 2.45) is 0 Å². The summed E-state index contributed by atoms with van der Waals surface area (Å²) in [6, 6.07) is 3.40. The molecule has 0 radical (unpaired) electrons. The fourth-order valence-corrected chi connectivity index (χ4v) is 1.62. The molecule has 2 rings (SSSR count). The van der Waals surface area contributed by atoms with E-state index in [0.717, 1.165) is 0 Å². The van der Waals surface area contributed by atoms with Gasteiger partial charge in [-0.1, -0.05) is 0 Å². The largest absolute Gasteiger partial charge is 0.481 e. The number of amides is 1. The Bertz CT molecular complexity index is 381. The molecule has 1 N–H and O–H groups in total. The summed E-state index contributed by atoms with van der Waals surface area (Å²) in [6.45, 7) is 0.339. The third-order valence-electron chi connectivity index (χ3n) is 2.34. The van der Waals surface area contributed by atoms with Gasteiger partial charge in [-0.05, 0) is 6.07 Å². The Labute approximate surface area is 87.3 Å². The Balaban J connectivity index is 2.25. The van der Waals surface area contributed by atoms with Crippen molar-refractivity contribution in [2.45, 2.75) is 12.5 Å². The lowest BCUT2D eigenvalue weighted by Crippen LogP contribution is -2.25. The topological polar surface area (TPSA) is 62.7 Å². The summed E-state index contributed by atoms with van der Waals surface area (Å²) in [6.07, 6.45) is 1.19. The fraction of sp³-hybridized carbons (Fsp3) is 0.400. The number of rotatable bonds is 2. The third kappa shape index (κ3) is 1.92. The maximum Gasteiger partial charge on any atom is 0.229 e. The van der Waals surface area contributed by atoms with Crippen LogP contribution in [0, 0.1) is 0 Å². The van der Waals surface area contributed by atoms with Crippen molar-refractivity contribution in [2.75, 3.05) is 18.6 Å². The molecule has 1 saturated heterocycles. The van der Waals surface area contributed by atoms with Crippen molar-refractivity contribution >= 4 is 11.6 Å². The molecule has 2 heterocycles. The molecule has 80 valence electrons. The number of pyridine rings is 1. The average molecular weight is 208 g/mol. The van der Waals surface area contributed by atoms with Crippen LogP contribution in [0.3, 0.4) is 0 Å². The second kappa shape index (κ2) is 3.86. The summed E-state index contributed by atoms with van der Waals surface area (Å²) < 4.78 is 4.96. The second-order valence-electron chi connectivity index (χ2n) is 3.42. The van der Waals surface area contributed by atoms with E-state index in [1.165, 1.54) is 12.0 Å². The van der Waals surface area contributed by atoms with E-state index >= 15 is 0 Å². The van der Waals surface area contributed by atoms with Gasteiger partial charge in [-0.25, -0.2) is 4.98 Å². The molecular formula is C10H12N2O3. The quantitative estimate of drug-likeness (QED) is 0.753. The Hall–Kier alpha value is -1.62. The normalized spacial score (nSPS) is 20.8. The van der Waals surface area contributed by atoms with Gasteiger partial charge in [-0.2, -0.15) is 0 Å². The zero-order valence-electron chi connectivity index (χ0n) is 8.38. The predicted molar refractivity (Wildman–Crippen MR) is 53.8 cm³/mol. The fourth-order valence-electron chi connectivity index (χ4n) is 1.62. The lowest BCUT2D eigenvalue weighted by atomic mass is 10.3. The molecule has 0 bridgehead atoms. The van der Waals surface area contributed by atoms with E-state index in [2.05, 4.69) is 4.98 Å². The number of ether oxygens (including phenoxy) is 1. The van der Waals surface area contributed by atoms with Gasteiger partial charge in [0.1, 0.15) is 0 Å². The molecule has 5 nitrogen and oxygen atoms in total. The number of carbonyl (C=O) groups excluding carboxylic acids is 1. The van der Waals surface area contributed by atoms with E-state index in [1.54, 1.807) is 18.3 Å². The van der Waals surface area contributed by atoms with Crippen molar-refractivity contribution in [3.8, 4) is 5.88 Å². The zero-order valence-corrected chi connectivity index (χ0v) is 8.38. The summed E-state index contributed by atoms with van der Waals surface area (Å²) in [5.74, 6) is 0.387. The minimum Gasteiger partial charge on any atom is -0.481 e. The third-order valence-corrected chi connectivity index (χ3v) is 2.34. The number of hydrogen-bond donors (Lipinski definition) is 1. The van der Waals surface area contributed by atoms with Gasteiger partial charge in [-0.15, -0.1) is 0 Å². The van der Waals surface area contributed by atoms with Crippen LogP contribution in [0.5, 0.6) is 5.88 Å². The smallest absolute Gasteiger partial charge is 0.229 e. The molecule has 5 heteroatoms. The maximum absolute atomic E-state index is 11.5. The van der Waals surface area contributed by atoms with E-state index in [4.69, 9.17) is 4.74 Å². The SMILES string of the molecule is COc1cc(N2CC(O)CC2=O)ccn1. The van der Waals surface area contributed by atoms with E-state index < -0.39 is 6.10 Å². The Kier molecular flexibility index (Phi) is 2.55. The highest BCUT2D eigenvalue weighted by Gasteiger charge is 2.29. The first kappa shape index (κ1) is 9.92. The lowest BCUT2D eigenvalue weighted by Gasteiger charge is -2.15. The van der Waals surface area contributed by atoms with Crippen LogP contribution in [0.25, 0.3) is 0 Å². The number of aliphatic hydroxyl groups excluding tert-OH is 1. The summed E-state index contributed by atoms with van der Waals surface area (Å²) >= 11 is 0. The molecule has 0 saturated carbocycles. The van der Waals surface area contributed by atoms with Crippen molar-refractivity contribution < 1.29 is 14.6 Å². The van der Waals surface area contributed by atoms with Crippen LogP contribution in [-0.4, -0.2) is 35.8 Å². The minimum atomic E-state index is -0.573. The highest BCUT2D eigenvalue weighted by molar-refractivity contribution is 5.96. The van der Waals surface area contributed by atoms with Gasteiger partial charge in [0.15, 0.2) is 0 Å². The van der Waals surface area contributed by atoms with Gasteiger partial charge in [0.05, 0.1) is 31.9 Å². The number of anilines is 1. The summed E-state index contributed by atoms with van der Waals surface area (Å²) in [4.78, 5) is 17.0. The summed E-state index contributed by atoms with van der Waals surface area (Å²) in [5, 5.41) is 9.35. The maximum atomic E-state index is 11.5. The molecular weight excluding hydrogens is 196 g/mol. The van der Waals surface area contributed by atoms with Crippen LogP contribution in [0.15, 0.2) is 18.3 Å². The first-order valence-corrected chi connectivity index (χ1v) is 4.69. The van der Waals surface area contributed by atoms with Crippen LogP contribution in [0.2, 0.25) is 0 Å². The van der Waals surface area contributed by atoms with Crippen molar-refractivity contribution in [1.82, 2.24) is 4.98 Å². The summed E-state index contributed by atoms with van der Waals surface area (Å²) in [5.41, 5.74) is 0.711. The summed E-state index contributed by atoms with van der Waals surface area (Å²) in [7, 11) is 1.52. The molecule has 1 fully saturated rings. The van der Waals surface area contributed by atoms with Gasteiger partial charge in [0.25, 0.3) is 0 Å². The number of aromatic nitrogens is 1. The van der Waals surface area contributed by atoms with Crippen molar-refractivity contribution in [1.29, 1.82) is 0 Å². The Morgan fingerprint density at radius 2 is 2.47 bits per heavy atom. The predicted octanol–water partition coefficient (Wildman–Crippen LogP) is 0.188. The Morgan fingerprint density at radius 1 is 1.67 bits per heavy atom. The van der Waals surface area contributed by atoms with Gasteiger partial charge in [-0.3, -0.25) is 4.79 Å². The van der Waals surface area contributed by atoms with Crippen molar-refractivity contribution in [3.63, 3.8) is 0 Å². The number of β-amino-alcohol motifs (C(OH)–C–C–N with tert-alkyl or cyclic N) is 1. The zero-order chi connectivity index (χ0) is 10.8. The first-order valence-electron chi connectivity index (χ1n) is 4.69. The van der Waals surface area contributed by atoms with Crippen molar-refractivity contribution in [3.05, 3.63) is 18.3 Å². The minimum absolute atomic E-state index is 0.0734. The van der Waals surface area contributed by atoms with Crippen LogP contribution in [0.1, 0.15) is 6.42 Å². The molecule has 0 spiro atoms. The highest BCUT2D eigenvalue weighted by Crippen LogP contribution is 2.23. The molecule has 1 aliphatic rings. The molecule has 1 atom stereocenters. The monoisotopic (exact) mass is 208 g/mol. The second-order valence-corrected chi connectivity index (χ2v) is 3.42. The highest BCUT2D eigenvalue weighted by atomic mass is 16.5. The van der Waals surface area contributed by atoms with Gasteiger partial charge in [0, 0.05) is 12.3 Å². The molecule has 0 aromatic carbocycles. The van der Waals surface area contributed by atoms with E-state index in [1.807, 2.05) is 0 Å². The first-order chi connectivity index (χ1) is 7.20. The van der Waals surface area contributed by atoms with Gasteiger partial charge < -0.3 is 14.7 Å². The van der Waals surface area contributed by atoms with Crippen LogP contribution in [0.4, 0.5) is 5.69 Å². The molecule has 0 aliphatic carbocycles. The van der Waals surface area contributed by atoms with Crippen LogP contribution >= 0.6 is 0 Å². The number of methoxy groups -OCH3 is 1. The van der Waals surface area contributed by atoms with Crippen LogP contribution in [-0.2, 0) is 4.79 Å². The Morgan fingerprint density at radius 3 is 3.07 bits per heavy atom. The standard InChI is InChI=1S/C10H12N2O3/c1-15-9-4-7(2-3-11-9)12-6-8(13)5-10(12)14/h2-4,8,13H,5-6H2,1H3. The molecule has 1 aromatic heterocycles. The molecule has 1 amide bonds. The van der Waals surface area contributed by atoms with E-state index in [9.17, 15) is 9.90 Å². The number of nitrogens with zero attached hydrogens (tertiary/aromatic N) is 2. The lowest BCUT2D eigenvalue weighted by molar-refractivity contribution is -0.117. The van der Waals surface area contributed by atoms with E-state index in [0.29, 0.717) is 18.1 Å². The van der Waals surface area contributed by atoms with E-state index in [-0.39, 0.29) is 12.3 Å². The number of hydrogen-bond acceptors (Lipinski definition) is 4. The molecule has 1 aromatic rings. The molecule has 1 aliphatic heterocycles. The average Bonchev–Trinajstić information content (AvgIpc) is 2.58. The molecule has 1 unspecified atom stereocenters. The number of carbonyl (C=O) groups is 1. The molecule has 15 heavy (non-hydrogen) atoms. The number of aliphatic hydroxyl groups is 1. The van der Waals surface area contributed by atoms with Gasteiger partial charge >= 0.3 is 0 Å². The van der Waals surface area contributed by atoms with Gasteiger partial charge in [0.2, 0.25) is 11.8 Å². The van der Waals surface area contributed by atoms with Crippen LogP contribution < -0.4 is 9.64 Å².